The van der Waals surface area contributed by atoms with E-state index in [1.165, 1.54) is 16.7 Å². The summed E-state index contributed by atoms with van der Waals surface area (Å²) in [4.78, 5) is 0. The molecule has 2 aromatic rings. The molecule has 124 valence electrons. The topological polar surface area (TPSA) is 0 Å². The van der Waals surface area contributed by atoms with Gasteiger partial charge in [-0.1, -0.05) is 112 Å². The molecule has 0 saturated carbocycles. The highest BCUT2D eigenvalue weighted by Gasteiger charge is 2.49. The minimum absolute atomic E-state index is 0.0738. The lowest BCUT2D eigenvalue weighted by Crippen LogP contribution is -2.46. The normalized spacial score (nSPS) is 17.8. The number of allylic oxidation sites excluding steroid dienone is 4. The second-order valence-electron chi connectivity index (χ2n) is 7.77. The molecule has 1 atom stereocenters. The summed E-state index contributed by atoms with van der Waals surface area (Å²) in [6.45, 7) is 9.36. The van der Waals surface area contributed by atoms with Crippen LogP contribution in [0, 0.1) is 11.3 Å². The Balaban J connectivity index is 2.31. The minimum atomic E-state index is -0.0804. The molecule has 24 heavy (non-hydrogen) atoms. The van der Waals surface area contributed by atoms with E-state index in [2.05, 4.69) is 107 Å². The Morgan fingerprint density at radius 2 is 1.29 bits per heavy atom. The Labute approximate surface area is 146 Å². The molecule has 0 radical (unpaired) electrons. The molecule has 0 spiro atoms. The first-order valence-electron chi connectivity index (χ1n) is 9.00. The fraction of sp³-hybridized carbons (Fsp3) is 0.333. The average molecular weight is 316 g/mol. The highest BCUT2D eigenvalue weighted by Crippen LogP contribution is 2.54. The van der Waals surface area contributed by atoms with E-state index in [4.69, 9.17) is 0 Å². The van der Waals surface area contributed by atoms with Crippen LogP contribution in [0.2, 0.25) is 0 Å². The van der Waals surface area contributed by atoms with E-state index in [0.29, 0.717) is 5.92 Å². The third-order valence-corrected chi connectivity index (χ3v) is 5.46. The number of hydrogen-bond acceptors (Lipinski definition) is 0. The molecule has 0 nitrogen and oxygen atoms in total. The standard InChI is InChI=1S/C24H28/c1-5-19-16-17-22(18-19)24(23(2,3)4,20-12-8-6-9-13-20)21-14-10-7-11-15-21/h6-18,22H,5H2,1-4H3. The predicted octanol–water partition coefficient (Wildman–Crippen LogP) is 6.54. The van der Waals surface area contributed by atoms with Gasteiger partial charge in [0.2, 0.25) is 0 Å². The van der Waals surface area contributed by atoms with E-state index in [1.807, 2.05) is 0 Å². The van der Waals surface area contributed by atoms with Gasteiger partial charge in [-0.2, -0.15) is 0 Å². The van der Waals surface area contributed by atoms with Crippen molar-refractivity contribution in [2.75, 3.05) is 0 Å². The van der Waals surface area contributed by atoms with Gasteiger partial charge in [0, 0.05) is 11.3 Å². The van der Waals surface area contributed by atoms with E-state index in [9.17, 15) is 0 Å². The zero-order valence-corrected chi connectivity index (χ0v) is 15.3. The molecule has 0 aromatic heterocycles. The summed E-state index contributed by atoms with van der Waals surface area (Å²) in [6.07, 6.45) is 8.29. The van der Waals surface area contributed by atoms with Crippen molar-refractivity contribution in [3.63, 3.8) is 0 Å². The smallest absolute Gasteiger partial charge is 0.0348 e. The van der Waals surface area contributed by atoms with Crippen LogP contribution < -0.4 is 0 Å². The Hall–Kier alpha value is -2.08. The van der Waals surface area contributed by atoms with E-state index in [1.54, 1.807) is 0 Å². The Kier molecular flexibility index (Phi) is 4.49. The van der Waals surface area contributed by atoms with Crippen LogP contribution in [-0.2, 0) is 5.41 Å². The van der Waals surface area contributed by atoms with Crippen molar-refractivity contribution in [2.45, 2.75) is 39.5 Å². The molecule has 1 unspecified atom stereocenters. The predicted molar refractivity (Wildman–Crippen MR) is 104 cm³/mol. The van der Waals surface area contributed by atoms with Gasteiger partial charge < -0.3 is 0 Å². The maximum Gasteiger partial charge on any atom is 0.0348 e. The summed E-state index contributed by atoms with van der Waals surface area (Å²) in [6, 6.07) is 22.1. The molecule has 0 aliphatic heterocycles. The molecule has 0 amide bonds. The van der Waals surface area contributed by atoms with Crippen molar-refractivity contribution in [3.8, 4) is 0 Å². The first kappa shape index (κ1) is 16.8. The summed E-state index contributed by atoms with van der Waals surface area (Å²) in [7, 11) is 0. The Bertz CT molecular complexity index is 687. The fourth-order valence-corrected chi connectivity index (χ4v) is 4.39. The number of hydrogen-bond donors (Lipinski definition) is 0. The first-order chi connectivity index (χ1) is 11.5. The summed E-state index contributed by atoms with van der Waals surface area (Å²) < 4.78 is 0. The maximum absolute atomic E-state index is 2.48. The summed E-state index contributed by atoms with van der Waals surface area (Å²) in [5.74, 6) is 0.372. The summed E-state index contributed by atoms with van der Waals surface area (Å²) in [5.41, 5.74) is 4.23. The molecule has 1 aliphatic rings. The first-order valence-corrected chi connectivity index (χ1v) is 9.00. The van der Waals surface area contributed by atoms with Gasteiger partial charge in [0.15, 0.2) is 0 Å². The summed E-state index contributed by atoms with van der Waals surface area (Å²) >= 11 is 0. The average Bonchev–Trinajstić information content (AvgIpc) is 3.05. The zero-order valence-electron chi connectivity index (χ0n) is 15.3. The SMILES string of the molecule is CCC1=CC(C(c2ccccc2)(c2ccccc2)C(C)(C)C)C=C1. The highest BCUT2D eigenvalue weighted by molar-refractivity contribution is 5.48. The minimum Gasteiger partial charge on any atom is -0.0761 e. The van der Waals surface area contributed by atoms with Crippen molar-refractivity contribution in [1.82, 2.24) is 0 Å². The lowest BCUT2D eigenvalue weighted by atomic mass is 9.53. The molecule has 0 heteroatoms. The Morgan fingerprint density at radius 1 is 0.792 bits per heavy atom. The third kappa shape index (κ3) is 2.65. The van der Waals surface area contributed by atoms with Gasteiger partial charge in [-0.05, 0) is 23.0 Å². The van der Waals surface area contributed by atoms with E-state index in [-0.39, 0.29) is 10.8 Å². The molecular formula is C24H28. The molecule has 3 rings (SSSR count). The third-order valence-electron chi connectivity index (χ3n) is 5.46. The maximum atomic E-state index is 2.48. The van der Waals surface area contributed by atoms with Gasteiger partial charge in [-0.3, -0.25) is 0 Å². The number of benzene rings is 2. The van der Waals surface area contributed by atoms with E-state index in [0.717, 1.165) is 6.42 Å². The molecule has 0 saturated heterocycles. The second kappa shape index (κ2) is 6.43. The molecule has 0 bridgehead atoms. The second-order valence-corrected chi connectivity index (χ2v) is 7.77. The monoisotopic (exact) mass is 316 g/mol. The van der Waals surface area contributed by atoms with Crippen LogP contribution in [0.25, 0.3) is 0 Å². The molecule has 0 fully saturated rings. The quantitative estimate of drug-likeness (QED) is 0.600. The molecule has 2 aromatic carbocycles. The lowest BCUT2D eigenvalue weighted by Gasteiger charge is -2.49. The van der Waals surface area contributed by atoms with Crippen LogP contribution in [0.1, 0.15) is 45.2 Å². The highest BCUT2D eigenvalue weighted by atomic mass is 14.5. The van der Waals surface area contributed by atoms with Gasteiger partial charge in [0.25, 0.3) is 0 Å². The van der Waals surface area contributed by atoms with Crippen LogP contribution >= 0.6 is 0 Å². The largest absolute Gasteiger partial charge is 0.0761 e. The molecule has 1 aliphatic carbocycles. The van der Waals surface area contributed by atoms with Crippen molar-refractivity contribution in [3.05, 3.63) is 95.6 Å². The lowest BCUT2D eigenvalue weighted by molar-refractivity contribution is 0.195. The van der Waals surface area contributed by atoms with E-state index >= 15 is 0 Å². The Morgan fingerprint density at radius 3 is 1.67 bits per heavy atom. The number of rotatable bonds is 4. The molecule has 0 N–H and O–H groups in total. The van der Waals surface area contributed by atoms with Crippen LogP contribution in [0.3, 0.4) is 0 Å². The van der Waals surface area contributed by atoms with E-state index < -0.39 is 0 Å². The van der Waals surface area contributed by atoms with Crippen molar-refractivity contribution < 1.29 is 0 Å². The zero-order chi connectivity index (χ0) is 17.2. The van der Waals surface area contributed by atoms with Crippen LogP contribution in [0.4, 0.5) is 0 Å². The van der Waals surface area contributed by atoms with Gasteiger partial charge >= 0.3 is 0 Å². The van der Waals surface area contributed by atoms with Crippen molar-refractivity contribution in [1.29, 1.82) is 0 Å². The van der Waals surface area contributed by atoms with Gasteiger partial charge in [0.1, 0.15) is 0 Å². The molecule has 0 heterocycles. The van der Waals surface area contributed by atoms with Gasteiger partial charge in [-0.15, -0.1) is 0 Å². The van der Waals surface area contributed by atoms with Crippen LogP contribution in [0.5, 0.6) is 0 Å². The fourth-order valence-electron chi connectivity index (χ4n) is 4.39. The van der Waals surface area contributed by atoms with Crippen LogP contribution in [-0.4, -0.2) is 0 Å². The van der Waals surface area contributed by atoms with Gasteiger partial charge in [-0.25, -0.2) is 0 Å². The summed E-state index contributed by atoms with van der Waals surface area (Å²) in [5, 5.41) is 0. The van der Waals surface area contributed by atoms with Crippen molar-refractivity contribution >= 4 is 0 Å². The van der Waals surface area contributed by atoms with Crippen LogP contribution in [0.15, 0.2) is 84.5 Å². The van der Waals surface area contributed by atoms with Crippen molar-refractivity contribution in [2.24, 2.45) is 11.3 Å². The molecular weight excluding hydrogens is 288 g/mol. The van der Waals surface area contributed by atoms with Gasteiger partial charge in [0.05, 0.1) is 0 Å².